The first-order valence-corrected chi connectivity index (χ1v) is 9.95. The lowest BCUT2D eigenvalue weighted by Gasteiger charge is -2.16. The van der Waals surface area contributed by atoms with Gasteiger partial charge in [-0.25, -0.2) is 0 Å². The van der Waals surface area contributed by atoms with Crippen molar-refractivity contribution < 1.29 is 24.2 Å². The molecule has 3 aromatic rings. The molecule has 0 heterocycles. The molecule has 7 nitrogen and oxygen atoms in total. The van der Waals surface area contributed by atoms with Crippen LogP contribution in [-0.2, 0) is 4.79 Å². The van der Waals surface area contributed by atoms with Crippen molar-refractivity contribution >= 4 is 22.6 Å². The molecule has 162 valence electrons. The number of hydrogen-bond acceptors (Lipinski definition) is 5. The van der Waals surface area contributed by atoms with Gasteiger partial charge in [0.25, 0.3) is 5.91 Å². The predicted molar refractivity (Wildman–Crippen MR) is 118 cm³/mol. The average molecular weight is 422 g/mol. The molecule has 0 saturated carbocycles. The number of ether oxygens (including phenoxy) is 2. The molecule has 0 bridgehead atoms. The molecule has 0 spiro atoms. The Labute approximate surface area is 181 Å². The Bertz CT molecular complexity index is 1070. The summed E-state index contributed by atoms with van der Waals surface area (Å²) in [4.78, 5) is 24.5. The molecule has 0 aliphatic carbocycles. The zero-order valence-corrected chi connectivity index (χ0v) is 17.6. The van der Waals surface area contributed by atoms with Gasteiger partial charge in [-0.3, -0.25) is 9.59 Å². The lowest BCUT2D eigenvalue weighted by molar-refractivity contribution is -0.121. The zero-order chi connectivity index (χ0) is 22.2. The number of amides is 2. The third-order valence-corrected chi connectivity index (χ3v) is 4.94. The SMILES string of the molecule is COc1ccc(OC)c(C(O)CNC(=O)CCNC(=O)c2ccc3ccccc3c2)c1. The van der Waals surface area contributed by atoms with E-state index in [9.17, 15) is 14.7 Å². The summed E-state index contributed by atoms with van der Waals surface area (Å²) in [5, 5.41) is 17.9. The number of hydrogen-bond donors (Lipinski definition) is 3. The molecule has 2 amide bonds. The van der Waals surface area contributed by atoms with Crippen molar-refractivity contribution in [1.82, 2.24) is 10.6 Å². The first-order valence-electron chi connectivity index (χ1n) is 9.95. The minimum absolute atomic E-state index is 0.0149. The van der Waals surface area contributed by atoms with Crippen LogP contribution in [0.4, 0.5) is 0 Å². The van der Waals surface area contributed by atoms with Gasteiger partial charge in [-0.05, 0) is 41.1 Å². The quantitative estimate of drug-likeness (QED) is 0.493. The monoisotopic (exact) mass is 422 g/mol. The molecule has 7 heteroatoms. The molecular weight excluding hydrogens is 396 g/mol. The van der Waals surface area contributed by atoms with E-state index in [0.717, 1.165) is 10.8 Å². The zero-order valence-electron chi connectivity index (χ0n) is 17.6. The van der Waals surface area contributed by atoms with Crippen LogP contribution >= 0.6 is 0 Å². The van der Waals surface area contributed by atoms with Crippen LogP contribution in [0.2, 0.25) is 0 Å². The van der Waals surface area contributed by atoms with Gasteiger partial charge in [0.1, 0.15) is 11.5 Å². The molecule has 1 atom stereocenters. The van der Waals surface area contributed by atoms with Crippen LogP contribution in [0.15, 0.2) is 60.7 Å². The summed E-state index contributed by atoms with van der Waals surface area (Å²) in [5.74, 6) is 0.571. The Morgan fingerprint density at radius 2 is 1.71 bits per heavy atom. The lowest BCUT2D eigenvalue weighted by atomic mass is 10.1. The molecule has 0 saturated heterocycles. The van der Waals surface area contributed by atoms with Crippen LogP contribution in [0.3, 0.4) is 0 Å². The Hall–Kier alpha value is -3.58. The summed E-state index contributed by atoms with van der Waals surface area (Å²) in [6.07, 6.45) is -0.859. The highest BCUT2D eigenvalue weighted by Crippen LogP contribution is 2.29. The topological polar surface area (TPSA) is 96.9 Å². The maximum atomic E-state index is 12.3. The Morgan fingerprint density at radius 3 is 2.45 bits per heavy atom. The summed E-state index contributed by atoms with van der Waals surface area (Å²) in [5.41, 5.74) is 1.06. The first-order chi connectivity index (χ1) is 15.0. The van der Waals surface area contributed by atoms with E-state index in [-0.39, 0.29) is 31.3 Å². The Balaban J connectivity index is 1.47. The van der Waals surface area contributed by atoms with Crippen molar-refractivity contribution in [1.29, 1.82) is 0 Å². The molecule has 0 radical (unpaired) electrons. The second-order valence-electron chi connectivity index (χ2n) is 7.00. The smallest absolute Gasteiger partial charge is 0.251 e. The number of aliphatic hydroxyl groups is 1. The van der Waals surface area contributed by atoms with Gasteiger partial charge in [0.2, 0.25) is 5.91 Å². The van der Waals surface area contributed by atoms with Crippen LogP contribution in [0.1, 0.15) is 28.4 Å². The Kier molecular flexibility index (Phi) is 7.45. The maximum Gasteiger partial charge on any atom is 0.251 e. The first kappa shape index (κ1) is 22.1. The summed E-state index contributed by atoms with van der Waals surface area (Å²) in [7, 11) is 3.04. The highest BCUT2D eigenvalue weighted by Gasteiger charge is 2.16. The number of carbonyl (C=O) groups excluding carboxylic acids is 2. The van der Waals surface area contributed by atoms with Crippen LogP contribution in [0.25, 0.3) is 10.8 Å². The van der Waals surface area contributed by atoms with Gasteiger partial charge in [0, 0.05) is 30.6 Å². The number of benzene rings is 3. The van der Waals surface area contributed by atoms with Gasteiger partial charge in [0.15, 0.2) is 0 Å². The average Bonchev–Trinajstić information content (AvgIpc) is 2.81. The van der Waals surface area contributed by atoms with E-state index in [1.165, 1.54) is 14.2 Å². The van der Waals surface area contributed by atoms with Crippen LogP contribution < -0.4 is 20.1 Å². The van der Waals surface area contributed by atoms with Crippen molar-refractivity contribution in [2.24, 2.45) is 0 Å². The molecule has 3 aromatic carbocycles. The second kappa shape index (κ2) is 10.4. The lowest BCUT2D eigenvalue weighted by Crippen LogP contribution is -2.32. The summed E-state index contributed by atoms with van der Waals surface area (Å²) in [6, 6.07) is 18.4. The van der Waals surface area contributed by atoms with Crippen molar-refractivity contribution in [3.05, 3.63) is 71.8 Å². The van der Waals surface area contributed by atoms with Gasteiger partial charge in [-0.2, -0.15) is 0 Å². The summed E-state index contributed by atoms with van der Waals surface area (Å²) in [6.45, 7) is 0.205. The molecule has 0 aromatic heterocycles. The number of aliphatic hydroxyl groups excluding tert-OH is 1. The number of fused-ring (bicyclic) bond motifs is 1. The van der Waals surface area contributed by atoms with E-state index in [4.69, 9.17) is 9.47 Å². The number of methoxy groups -OCH3 is 2. The molecule has 1 unspecified atom stereocenters. The molecule has 0 fully saturated rings. The van der Waals surface area contributed by atoms with E-state index in [1.54, 1.807) is 24.3 Å². The van der Waals surface area contributed by atoms with E-state index in [1.807, 2.05) is 36.4 Å². The van der Waals surface area contributed by atoms with Crippen LogP contribution in [-0.4, -0.2) is 44.2 Å². The Morgan fingerprint density at radius 1 is 0.935 bits per heavy atom. The van der Waals surface area contributed by atoms with Gasteiger partial charge < -0.3 is 25.2 Å². The maximum absolute atomic E-state index is 12.3. The van der Waals surface area contributed by atoms with Crippen LogP contribution in [0.5, 0.6) is 11.5 Å². The highest BCUT2D eigenvalue weighted by molar-refractivity contribution is 5.98. The van der Waals surface area contributed by atoms with Gasteiger partial charge in [0.05, 0.1) is 20.3 Å². The minimum atomic E-state index is -0.957. The number of carbonyl (C=O) groups is 2. The molecule has 0 aliphatic rings. The number of rotatable bonds is 9. The van der Waals surface area contributed by atoms with Gasteiger partial charge in [-0.1, -0.05) is 30.3 Å². The molecule has 31 heavy (non-hydrogen) atoms. The second-order valence-corrected chi connectivity index (χ2v) is 7.00. The fraction of sp³-hybridized carbons (Fsp3) is 0.250. The summed E-state index contributed by atoms with van der Waals surface area (Å²) >= 11 is 0. The number of nitrogens with one attached hydrogen (secondary N) is 2. The standard InChI is InChI=1S/C24H26N2O5/c1-30-19-9-10-22(31-2)20(14-19)21(27)15-26-23(28)11-12-25-24(29)18-8-7-16-5-3-4-6-17(16)13-18/h3-10,13-14,21,27H,11-12,15H2,1-2H3,(H,25,29)(H,26,28). The minimum Gasteiger partial charge on any atom is -0.497 e. The molecule has 3 N–H and O–H groups in total. The van der Waals surface area contributed by atoms with Crippen molar-refractivity contribution in [2.75, 3.05) is 27.3 Å². The molecular formula is C24H26N2O5. The fourth-order valence-electron chi connectivity index (χ4n) is 3.23. The third-order valence-electron chi connectivity index (χ3n) is 4.94. The van der Waals surface area contributed by atoms with Crippen molar-refractivity contribution in [3.8, 4) is 11.5 Å². The predicted octanol–water partition coefficient (Wildman–Crippen LogP) is 2.83. The fourth-order valence-corrected chi connectivity index (χ4v) is 3.23. The van der Waals surface area contributed by atoms with E-state index >= 15 is 0 Å². The van der Waals surface area contributed by atoms with Gasteiger partial charge >= 0.3 is 0 Å². The van der Waals surface area contributed by atoms with Crippen LogP contribution in [0, 0.1) is 0 Å². The van der Waals surface area contributed by atoms with Crippen molar-refractivity contribution in [3.63, 3.8) is 0 Å². The van der Waals surface area contributed by atoms with Crippen molar-refractivity contribution in [2.45, 2.75) is 12.5 Å². The largest absolute Gasteiger partial charge is 0.497 e. The highest BCUT2D eigenvalue weighted by atomic mass is 16.5. The third kappa shape index (κ3) is 5.73. The normalized spacial score (nSPS) is 11.6. The molecule has 0 aliphatic heterocycles. The van der Waals surface area contributed by atoms with E-state index in [0.29, 0.717) is 22.6 Å². The molecule has 3 rings (SSSR count). The summed E-state index contributed by atoms with van der Waals surface area (Å²) < 4.78 is 10.4. The van der Waals surface area contributed by atoms with E-state index < -0.39 is 6.10 Å². The van der Waals surface area contributed by atoms with E-state index in [2.05, 4.69) is 10.6 Å². The van der Waals surface area contributed by atoms with Gasteiger partial charge in [-0.15, -0.1) is 0 Å².